The highest BCUT2D eigenvalue weighted by molar-refractivity contribution is 9.18. The minimum Gasteiger partial charge on any atom is -0.485 e. The highest BCUT2D eigenvalue weighted by Gasteiger charge is 2.41. The number of benzene rings is 4. The van der Waals surface area contributed by atoms with Gasteiger partial charge in [0.15, 0.2) is 5.76 Å². The molecule has 0 fully saturated rings. The van der Waals surface area contributed by atoms with Crippen molar-refractivity contribution < 1.29 is 4.74 Å². The molecule has 202 valence electrons. The zero-order chi connectivity index (χ0) is 27.5. The predicted molar refractivity (Wildman–Crippen MR) is 173 cm³/mol. The van der Waals surface area contributed by atoms with E-state index in [2.05, 4.69) is 95.7 Å². The summed E-state index contributed by atoms with van der Waals surface area (Å²) in [6.45, 7) is 2.80. The summed E-state index contributed by atoms with van der Waals surface area (Å²) in [6, 6.07) is 28.2. The monoisotopic (exact) mass is 598 g/mol. The molecule has 2 heterocycles. The van der Waals surface area contributed by atoms with Crippen LogP contribution < -0.4 is 0 Å². The maximum absolute atomic E-state index is 6.49. The van der Waals surface area contributed by atoms with E-state index in [9.17, 15) is 0 Å². The van der Waals surface area contributed by atoms with Crippen LogP contribution in [0.5, 0.6) is 0 Å². The fraction of sp³-hybridized carbons (Fsp3) is 0.243. The third-order valence-corrected chi connectivity index (χ3v) is 9.76. The maximum Gasteiger partial charge on any atom is 0.161 e. The normalized spacial score (nSPS) is 22.4. The highest BCUT2D eigenvalue weighted by Crippen LogP contribution is 2.48. The lowest BCUT2D eigenvalue weighted by Gasteiger charge is -2.34. The number of aryl methyl sites for hydroxylation is 1. The largest absolute Gasteiger partial charge is 0.485 e. The molecule has 3 atom stereocenters. The van der Waals surface area contributed by atoms with Crippen molar-refractivity contribution >= 4 is 54.4 Å². The van der Waals surface area contributed by atoms with Crippen molar-refractivity contribution in [1.82, 2.24) is 0 Å². The lowest BCUT2D eigenvalue weighted by Crippen LogP contribution is -2.33. The van der Waals surface area contributed by atoms with Gasteiger partial charge in [0.2, 0.25) is 0 Å². The summed E-state index contributed by atoms with van der Waals surface area (Å²) in [5.41, 5.74) is 11.2. The lowest BCUT2D eigenvalue weighted by molar-refractivity contribution is 0.220. The number of hydrogen-bond acceptors (Lipinski definition) is 3. The first-order chi connectivity index (χ1) is 20.2. The van der Waals surface area contributed by atoms with Gasteiger partial charge in [0.05, 0.1) is 17.0 Å². The average molecular weight is 600 g/mol. The predicted octanol–water partition coefficient (Wildman–Crippen LogP) is 9.35. The summed E-state index contributed by atoms with van der Waals surface area (Å²) in [6.07, 6.45) is 9.13. The molecule has 8 rings (SSSR count). The van der Waals surface area contributed by atoms with E-state index in [0.717, 1.165) is 64.2 Å². The number of rotatable bonds is 4. The van der Waals surface area contributed by atoms with Crippen LogP contribution >= 0.6 is 15.9 Å². The van der Waals surface area contributed by atoms with Crippen molar-refractivity contribution in [2.45, 2.75) is 51.2 Å². The van der Waals surface area contributed by atoms with Gasteiger partial charge in [-0.25, -0.2) is 4.99 Å². The first-order valence-corrected chi connectivity index (χ1v) is 15.5. The van der Waals surface area contributed by atoms with Crippen LogP contribution in [0.15, 0.2) is 101 Å². The van der Waals surface area contributed by atoms with Crippen molar-refractivity contribution in [3.63, 3.8) is 0 Å². The van der Waals surface area contributed by atoms with E-state index in [1.54, 1.807) is 0 Å². The summed E-state index contributed by atoms with van der Waals surface area (Å²) in [5.74, 6) is 1.64. The third-order valence-electron chi connectivity index (χ3n) is 9.19. The van der Waals surface area contributed by atoms with Crippen molar-refractivity contribution in [1.29, 1.82) is 0 Å². The van der Waals surface area contributed by atoms with Gasteiger partial charge in [-0.05, 0) is 92.2 Å². The second-order valence-electron chi connectivity index (χ2n) is 11.8. The van der Waals surface area contributed by atoms with Crippen LogP contribution in [0.4, 0.5) is 5.69 Å². The van der Waals surface area contributed by atoms with Crippen LogP contribution in [-0.4, -0.2) is 16.4 Å². The van der Waals surface area contributed by atoms with Gasteiger partial charge in [-0.2, -0.15) is 0 Å². The van der Waals surface area contributed by atoms with Gasteiger partial charge in [-0.3, -0.25) is 4.99 Å². The fourth-order valence-corrected chi connectivity index (χ4v) is 7.79. The Bertz CT molecular complexity index is 1830. The molecule has 0 amide bonds. The summed E-state index contributed by atoms with van der Waals surface area (Å²) in [5, 5.41) is 2.85. The zero-order valence-electron chi connectivity index (χ0n) is 23.1. The van der Waals surface area contributed by atoms with Crippen molar-refractivity contribution in [3.05, 3.63) is 124 Å². The molecule has 2 aliphatic heterocycles. The second-order valence-corrected chi connectivity index (χ2v) is 12.5. The fourth-order valence-electron chi connectivity index (χ4n) is 7.26. The molecule has 0 spiro atoms. The summed E-state index contributed by atoms with van der Waals surface area (Å²) < 4.78 is 7.28. The van der Waals surface area contributed by atoms with Crippen LogP contribution in [0.25, 0.3) is 22.4 Å². The van der Waals surface area contributed by atoms with Crippen LogP contribution in [0, 0.1) is 5.92 Å². The number of aliphatic imine (C=N–C) groups is 2. The Hall–Kier alpha value is -3.76. The van der Waals surface area contributed by atoms with Gasteiger partial charge in [-0.15, -0.1) is 0 Å². The smallest absolute Gasteiger partial charge is 0.161 e. The van der Waals surface area contributed by atoms with Gasteiger partial charge in [0.1, 0.15) is 17.3 Å². The van der Waals surface area contributed by atoms with E-state index in [0.29, 0.717) is 12.5 Å². The van der Waals surface area contributed by atoms with E-state index < -0.39 is 0 Å². The minimum absolute atomic E-state index is 0.0621. The Balaban J connectivity index is 1.22. The molecule has 4 aromatic rings. The number of hydrogen-bond donors (Lipinski definition) is 0. The van der Waals surface area contributed by atoms with Crippen LogP contribution in [-0.2, 0) is 24.2 Å². The van der Waals surface area contributed by atoms with Crippen LogP contribution in [0.3, 0.4) is 0 Å². The maximum atomic E-state index is 6.49. The molecular weight excluding hydrogens is 568 g/mol. The lowest BCUT2D eigenvalue weighted by atomic mass is 9.73. The molecule has 0 bridgehead atoms. The molecule has 0 saturated carbocycles. The Morgan fingerprint density at radius 1 is 0.902 bits per heavy atom. The molecule has 2 aliphatic carbocycles. The molecular formula is C37H31BrN2O. The van der Waals surface area contributed by atoms with Crippen LogP contribution in [0.1, 0.15) is 59.1 Å². The molecule has 0 aromatic heterocycles. The van der Waals surface area contributed by atoms with E-state index in [4.69, 9.17) is 14.7 Å². The molecule has 0 N–H and O–H groups in total. The van der Waals surface area contributed by atoms with Gasteiger partial charge >= 0.3 is 0 Å². The molecule has 0 saturated heterocycles. The third kappa shape index (κ3) is 4.15. The van der Waals surface area contributed by atoms with Crippen molar-refractivity contribution in [2.24, 2.45) is 15.9 Å². The molecule has 3 unspecified atom stereocenters. The molecule has 4 aromatic carbocycles. The standard InChI is InChI=1S/C37H31BrN2O/c1-22-14-15-24-16-17-26-25-11-7-12-29(27(25)18-19-28(26)31(24)20-22)34-35-33(30-10-5-6-13-32(30)39-35)36(37(38)40-34)41-21-23-8-3-2-4-9-23/h2-6,8-10,13-19,22,29,34H,7,11-12,20-21H2,1H3. The van der Waals surface area contributed by atoms with Gasteiger partial charge in [0.25, 0.3) is 0 Å². The number of fused-ring (bicyclic) bond motifs is 8. The summed E-state index contributed by atoms with van der Waals surface area (Å²) in [4.78, 5) is 10.5. The number of dihydropyridines is 1. The van der Waals surface area contributed by atoms with Gasteiger partial charge in [0, 0.05) is 11.5 Å². The summed E-state index contributed by atoms with van der Waals surface area (Å²) in [7, 11) is 0. The Labute approximate surface area is 249 Å². The van der Waals surface area contributed by atoms with Crippen molar-refractivity contribution in [3.8, 4) is 0 Å². The zero-order valence-corrected chi connectivity index (χ0v) is 24.7. The number of allylic oxidation sites excluding steroid dienone is 2. The number of para-hydroxylation sites is 1. The Morgan fingerprint density at radius 3 is 2.61 bits per heavy atom. The molecule has 4 heteroatoms. The first-order valence-electron chi connectivity index (χ1n) is 14.7. The van der Waals surface area contributed by atoms with Crippen molar-refractivity contribution in [2.75, 3.05) is 0 Å². The number of ether oxygens (including phenoxy) is 1. The Kier molecular flexibility index (Phi) is 6.07. The van der Waals surface area contributed by atoms with E-state index in [1.807, 2.05) is 18.2 Å². The Morgan fingerprint density at radius 2 is 1.71 bits per heavy atom. The number of halogens is 1. The topological polar surface area (TPSA) is 34.0 Å². The van der Waals surface area contributed by atoms with Gasteiger partial charge in [-0.1, -0.05) is 91.9 Å². The quantitative estimate of drug-likeness (QED) is 0.230. The molecule has 0 radical (unpaired) electrons. The number of nitrogens with zero attached hydrogens (tertiary/aromatic N) is 2. The SMILES string of the molecule is CC1C=Cc2ccc3c4c(ccc3c2C1)C(C1N=C(Br)C(OCc2ccccc2)=C2C1=Nc1ccccc12)CCC4. The first kappa shape index (κ1) is 25.0. The van der Waals surface area contributed by atoms with E-state index in [1.165, 1.54) is 33.0 Å². The summed E-state index contributed by atoms with van der Waals surface area (Å²) >= 11 is 3.86. The van der Waals surface area contributed by atoms with E-state index in [-0.39, 0.29) is 12.0 Å². The minimum atomic E-state index is -0.0621. The van der Waals surface area contributed by atoms with Crippen LogP contribution in [0.2, 0.25) is 0 Å². The highest BCUT2D eigenvalue weighted by atomic mass is 79.9. The molecule has 4 aliphatic rings. The molecule has 41 heavy (non-hydrogen) atoms. The average Bonchev–Trinajstić information content (AvgIpc) is 3.40. The molecule has 3 nitrogen and oxygen atoms in total. The van der Waals surface area contributed by atoms with Gasteiger partial charge < -0.3 is 4.74 Å². The van der Waals surface area contributed by atoms with E-state index >= 15 is 0 Å². The second kappa shape index (κ2) is 9.95.